The highest BCUT2D eigenvalue weighted by molar-refractivity contribution is 6.27. The fourth-order valence-electron chi connectivity index (χ4n) is 7.44. The van der Waals surface area contributed by atoms with E-state index in [0.29, 0.717) is 11.3 Å². The van der Waals surface area contributed by atoms with Gasteiger partial charge in [0.1, 0.15) is 0 Å². The maximum atomic E-state index is 14.7. The van der Waals surface area contributed by atoms with Crippen LogP contribution in [0.4, 0.5) is 5.69 Å². The molecule has 42 heavy (non-hydrogen) atoms. The van der Waals surface area contributed by atoms with Gasteiger partial charge in [-0.3, -0.25) is 19.4 Å². The summed E-state index contributed by atoms with van der Waals surface area (Å²) in [6.07, 6.45) is 4.73. The molecule has 0 spiro atoms. The van der Waals surface area contributed by atoms with E-state index in [1.54, 1.807) is 24.5 Å². The average molecular weight is 549 g/mol. The Bertz CT molecular complexity index is 1920. The van der Waals surface area contributed by atoms with Crippen LogP contribution in [0.15, 0.2) is 121 Å². The van der Waals surface area contributed by atoms with Gasteiger partial charge in [-0.1, -0.05) is 84.9 Å². The van der Waals surface area contributed by atoms with E-state index in [9.17, 15) is 14.4 Å². The number of carbonyl (C=O) groups is 3. The maximum Gasteiger partial charge on any atom is 0.272 e. The lowest BCUT2D eigenvalue weighted by atomic mass is 9.47. The van der Waals surface area contributed by atoms with Gasteiger partial charge in [0.05, 0.1) is 28.5 Å². The molecule has 2 bridgehead atoms. The molecule has 1 aliphatic heterocycles. The van der Waals surface area contributed by atoms with E-state index in [0.717, 1.165) is 33.0 Å². The predicted molar refractivity (Wildman–Crippen MR) is 159 cm³/mol. The lowest BCUT2D eigenvalue weighted by Gasteiger charge is -2.52. The first kappa shape index (κ1) is 24.4. The summed E-state index contributed by atoms with van der Waals surface area (Å²) in [5.74, 6) is -2.53. The summed E-state index contributed by atoms with van der Waals surface area (Å²) in [6, 6.07) is 32.8. The third-order valence-corrected chi connectivity index (χ3v) is 9.05. The lowest BCUT2D eigenvalue weighted by Crippen LogP contribution is -2.54. The number of anilines is 1. The maximum absolute atomic E-state index is 14.7. The molecule has 4 aliphatic rings. The van der Waals surface area contributed by atoms with Crippen molar-refractivity contribution in [2.75, 3.05) is 4.90 Å². The SMILES string of the molecule is O=C(NN=CC12c3ccccc3C(c3ccccc31)C1C(=O)N(c3cccc4ccccc34)C(=O)C12)c1cccnc1. The second-order valence-corrected chi connectivity index (χ2v) is 11.0. The van der Waals surface area contributed by atoms with Gasteiger partial charge in [-0.15, -0.1) is 0 Å². The number of carbonyl (C=O) groups excluding carboxylic acids is 3. The van der Waals surface area contributed by atoms with Gasteiger partial charge in [0, 0.05) is 29.9 Å². The number of hydrazone groups is 1. The fraction of sp³-hybridized carbons (Fsp3) is 0.114. The Morgan fingerprint density at radius 2 is 1.50 bits per heavy atom. The summed E-state index contributed by atoms with van der Waals surface area (Å²) < 4.78 is 0. The zero-order valence-corrected chi connectivity index (χ0v) is 22.3. The van der Waals surface area contributed by atoms with Crippen LogP contribution >= 0.6 is 0 Å². The Morgan fingerprint density at radius 3 is 2.24 bits per heavy atom. The van der Waals surface area contributed by atoms with Crippen molar-refractivity contribution < 1.29 is 14.4 Å². The number of aromatic nitrogens is 1. The van der Waals surface area contributed by atoms with Crippen LogP contribution in [0.1, 0.15) is 38.5 Å². The second-order valence-electron chi connectivity index (χ2n) is 11.0. The van der Waals surface area contributed by atoms with Gasteiger partial charge in [0.2, 0.25) is 11.8 Å². The van der Waals surface area contributed by atoms with Crippen LogP contribution in [0.3, 0.4) is 0 Å². The Hall–Kier alpha value is -5.43. The molecule has 2 atom stereocenters. The lowest BCUT2D eigenvalue weighted by molar-refractivity contribution is -0.122. The van der Waals surface area contributed by atoms with Crippen molar-refractivity contribution in [3.05, 3.63) is 143 Å². The number of nitrogens with zero attached hydrogens (tertiary/aromatic N) is 3. The summed E-state index contributed by atoms with van der Waals surface area (Å²) in [7, 11) is 0. The van der Waals surface area contributed by atoms with Crippen molar-refractivity contribution in [1.29, 1.82) is 0 Å². The van der Waals surface area contributed by atoms with Crippen LogP contribution in [0.5, 0.6) is 0 Å². The summed E-state index contributed by atoms with van der Waals surface area (Å²) in [5.41, 5.74) is 6.38. The third kappa shape index (κ3) is 3.19. The first-order chi connectivity index (χ1) is 20.6. The van der Waals surface area contributed by atoms with Crippen LogP contribution in [-0.4, -0.2) is 28.9 Å². The molecule has 1 saturated heterocycles. The molecule has 2 heterocycles. The highest BCUT2D eigenvalue weighted by Gasteiger charge is 2.68. The number of pyridine rings is 1. The average Bonchev–Trinajstić information content (AvgIpc) is 3.31. The number of fused-ring (bicyclic) bond motifs is 1. The van der Waals surface area contributed by atoms with Crippen LogP contribution in [0.2, 0.25) is 0 Å². The molecule has 1 aromatic heterocycles. The largest absolute Gasteiger partial charge is 0.274 e. The number of hydrogen-bond donors (Lipinski definition) is 1. The van der Waals surface area contributed by atoms with Gasteiger partial charge < -0.3 is 0 Å². The van der Waals surface area contributed by atoms with Gasteiger partial charge in [0.15, 0.2) is 0 Å². The predicted octanol–water partition coefficient (Wildman–Crippen LogP) is 5.20. The smallest absolute Gasteiger partial charge is 0.272 e. The van der Waals surface area contributed by atoms with Crippen molar-refractivity contribution in [3.8, 4) is 0 Å². The van der Waals surface area contributed by atoms with E-state index in [4.69, 9.17) is 0 Å². The minimum absolute atomic E-state index is 0.215. The quantitative estimate of drug-likeness (QED) is 0.190. The van der Waals surface area contributed by atoms with Crippen molar-refractivity contribution >= 4 is 40.4 Å². The molecule has 9 rings (SSSR count). The minimum atomic E-state index is -1.07. The van der Waals surface area contributed by atoms with E-state index in [1.807, 2.05) is 91.0 Å². The van der Waals surface area contributed by atoms with Crippen LogP contribution in [0.25, 0.3) is 10.8 Å². The molecular weight excluding hydrogens is 524 g/mol. The summed E-state index contributed by atoms with van der Waals surface area (Å²) in [4.78, 5) is 47.5. The number of benzene rings is 4. The monoisotopic (exact) mass is 548 g/mol. The van der Waals surface area contributed by atoms with Crippen molar-refractivity contribution in [2.24, 2.45) is 16.9 Å². The fourth-order valence-corrected chi connectivity index (χ4v) is 7.44. The van der Waals surface area contributed by atoms with Crippen LogP contribution in [-0.2, 0) is 15.0 Å². The molecule has 0 radical (unpaired) electrons. The van der Waals surface area contributed by atoms with E-state index in [1.165, 1.54) is 11.1 Å². The zero-order valence-electron chi connectivity index (χ0n) is 22.3. The second kappa shape index (κ2) is 9.04. The van der Waals surface area contributed by atoms with E-state index in [2.05, 4.69) is 15.5 Å². The van der Waals surface area contributed by atoms with Gasteiger partial charge in [-0.2, -0.15) is 5.10 Å². The molecule has 3 amide bonds. The standard InChI is InChI=1S/C35H24N4O3/c40-32(22-11-8-18-36-19-22)38-37-20-35-26-15-5-3-13-24(26)29(25-14-4-6-16-27(25)35)30-31(35)34(42)39(33(30)41)28-17-7-10-21-9-1-2-12-23(21)28/h1-20,29-31H,(H,38,40). The molecule has 4 aromatic carbocycles. The Balaban J connectivity index is 1.33. The van der Waals surface area contributed by atoms with E-state index >= 15 is 0 Å². The Labute approximate surface area is 241 Å². The first-order valence-corrected chi connectivity index (χ1v) is 13.9. The van der Waals surface area contributed by atoms with E-state index in [-0.39, 0.29) is 17.7 Å². The topological polar surface area (TPSA) is 91.7 Å². The number of nitrogens with one attached hydrogen (secondary N) is 1. The van der Waals surface area contributed by atoms with E-state index < -0.39 is 23.2 Å². The molecule has 1 N–H and O–H groups in total. The highest BCUT2D eigenvalue weighted by atomic mass is 16.2. The molecule has 2 unspecified atom stereocenters. The van der Waals surface area contributed by atoms with Gasteiger partial charge in [0.25, 0.3) is 5.91 Å². The van der Waals surface area contributed by atoms with Gasteiger partial charge in [-0.05, 0) is 45.8 Å². The highest BCUT2D eigenvalue weighted by Crippen LogP contribution is 2.63. The summed E-state index contributed by atoms with van der Waals surface area (Å²) >= 11 is 0. The zero-order chi connectivity index (χ0) is 28.4. The number of amides is 3. The molecule has 5 aromatic rings. The summed E-state index contributed by atoms with van der Waals surface area (Å²) in [6.45, 7) is 0. The van der Waals surface area contributed by atoms with Crippen LogP contribution in [0, 0.1) is 11.8 Å². The summed E-state index contributed by atoms with van der Waals surface area (Å²) in [5, 5.41) is 6.26. The third-order valence-electron chi connectivity index (χ3n) is 9.05. The van der Waals surface area contributed by atoms with Gasteiger partial charge in [-0.25, -0.2) is 10.3 Å². The Morgan fingerprint density at radius 1 is 0.810 bits per heavy atom. The van der Waals surface area contributed by atoms with Crippen LogP contribution < -0.4 is 10.3 Å². The van der Waals surface area contributed by atoms with Crippen molar-refractivity contribution in [3.63, 3.8) is 0 Å². The number of imide groups is 1. The molecule has 202 valence electrons. The number of rotatable bonds is 4. The normalized spacial score (nSPS) is 23.6. The molecule has 1 fully saturated rings. The van der Waals surface area contributed by atoms with Crippen molar-refractivity contribution in [2.45, 2.75) is 11.3 Å². The first-order valence-electron chi connectivity index (χ1n) is 13.9. The van der Waals surface area contributed by atoms with Crippen molar-refractivity contribution in [1.82, 2.24) is 10.4 Å². The van der Waals surface area contributed by atoms with Gasteiger partial charge >= 0.3 is 0 Å². The molecule has 0 saturated carbocycles. The molecule has 7 nitrogen and oxygen atoms in total. The Kier molecular flexibility index (Phi) is 5.25. The minimum Gasteiger partial charge on any atom is -0.274 e. The molecule has 7 heteroatoms. The number of hydrogen-bond acceptors (Lipinski definition) is 5. The molecular formula is C35H24N4O3. The molecule has 3 aliphatic carbocycles.